The van der Waals surface area contributed by atoms with E-state index in [1.165, 1.54) is 29.4 Å². The van der Waals surface area contributed by atoms with Crippen molar-refractivity contribution in [3.8, 4) is 17.2 Å². The minimum Gasteiger partial charge on any atom is -0.503 e. The Morgan fingerprint density at radius 3 is 2.60 bits per heavy atom. The second-order valence-corrected chi connectivity index (χ2v) is 10.6. The SMILES string of the molecule is CCCCOc1ccc(C2C(C(=O)/C=C/c3ccccc3)=C(O)C(=O)N2c2nc3ccc(OCC)cc3s2)cc1OC. The van der Waals surface area contributed by atoms with E-state index in [1.807, 2.05) is 55.5 Å². The molecule has 0 spiro atoms. The number of ether oxygens (including phenoxy) is 3. The van der Waals surface area contributed by atoms with Crippen molar-refractivity contribution in [3.63, 3.8) is 0 Å². The third-order valence-corrected chi connectivity index (χ3v) is 7.84. The van der Waals surface area contributed by atoms with Crippen LogP contribution in [-0.4, -0.2) is 42.1 Å². The number of aliphatic hydroxyl groups is 1. The molecule has 9 heteroatoms. The summed E-state index contributed by atoms with van der Waals surface area (Å²) >= 11 is 1.28. The average Bonchev–Trinajstić information content (AvgIpc) is 3.54. The van der Waals surface area contributed by atoms with Gasteiger partial charge in [-0.3, -0.25) is 14.5 Å². The Hall–Kier alpha value is -4.63. The number of unbranched alkanes of at least 4 members (excludes halogenated alkanes) is 1. The van der Waals surface area contributed by atoms with Crippen LogP contribution in [0.25, 0.3) is 16.3 Å². The van der Waals surface area contributed by atoms with Gasteiger partial charge in [0.25, 0.3) is 5.91 Å². The number of fused-ring (bicyclic) bond motifs is 1. The average molecular weight is 585 g/mol. The zero-order valence-electron chi connectivity index (χ0n) is 23.7. The van der Waals surface area contributed by atoms with Crippen molar-refractivity contribution < 1.29 is 28.9 Å². The predicted molar refractivity (Wildman–Crippen MR) is 165 cm³/mol. The van der Waals surface area contributed by atoms with E-state index in [0.717, 1.165) is 23.1 Å². The van der Waals surface area contributed by atoms with E-state index in [1.54, 1.807) is 24.3 Å². The van der Waals surface area contributed by atoms with Gasteiger partial charge in [0.1, 0.15) is 5.75 Å². The molecule has 3 aromatic carbocycles. The van der Waals surface area contributed by atoms with Crippen LogP contribution < -0.4 is 19.1 Å². The number of aromatic nitrogens is 1. The van der Waals surface area contributed by atoms with Crippen molar-refractivity contribution in [3.05, 3.63) is 95.3 Å². The summed E-state index contributed by atoms with van der Waals surface area (Å²) in [7, 11) is 1.54. The van der Waals surface area contributed by atoms with Crippen molar-refractivity contribution in [2.75, 3.05) is 25.2 Å². The fourth-order valence-electron chi connectivity index (χ4n) is 4.75. The minimum atomic E-state index is -0.948. The van der Waals surface area contributed by atoms with Gasteiger partial charge in [-0.1, -0.05) is 67.2 Å². The van der Waals surface area contributed by atoms with Crippen LogP contribution in [0.5, 0.6) is 17.2 Å². The van der Waals surface area contributed by atoms with E-state index >= 15 is 0 Å². The number of allylic oxidation sites excluding steroid dienone is 1. The molecule has 0 fully saturated rings. The largest absolute Gasteiger partial charge is 0.503 e. The van der Waals surface area contributed by atoms with E-state index in [9.17, 15) is 14.7 Å². The van der Waals surface area contributed by atoms with Gasteiger partial charge in [-0.15, -0.1) is 0 Å². The summed E-state index contributed by atoms with van der Waals surface area (Å²) in [5.41, 5.74) is 2.02. The molecular weight excluding hydrogens is 552 g/mol. The normalized spacial score (nSPS) is 15.2. The summed E-state index contributed by atoms with van der Waals surface area (Å²) in [6.07, 6.45) is 4.91. The van der Waals surface area contributed by atoms with Crippen LogP contribution >= 0.6 is 11.3 Å². The Balaban J connectivity index is 1.59. The third kappa shape index (κ3) is 5.87. The highest BCUT2D eigenvalue weighted by Crippen LogP contribution is 2.45. The molecule has 1 aliphatic rings. The molecule has 1 aromatic heterocycles. The number of ketones is 1. The first-order valence-electron chi connectivity index (χ1n) is 13.8. The topological polar surface area (TPSA) is 98.2 Å². The first-order chi connectivity index (χ1) is 20.4. The van der Waals surface area contributed by atoms with Crippen molar-refractivity contribution >= 4 is 44.5 Å². The maximum Gasteiger partial charge on any atom is 0.296 e. The smallest absolute Gasteiger partial charge is 0.296 e. The standard InChI is InChI=1S/C33H32N2O6S/c1-4-6-18-41-26-17-13-22(19-27(26)39-3)30-29(25(36)16-12-21-10-8-7-9-11-21)31(37)32(38)35(30)33-34-24-15-14-23(40-5-2)20-28(24)42-33/h7-17,19-20,30,37H,4-6,18H2,1-3H3/b16-12+. The lowest BCUT2D eigenvalue weighted by molar-refractivity contribution is -0.117. The van der Waals surface area contributed by atoms with E-state index in [4.69, 9.17) is 19.2 Å². The number of carbonyl (C=O) groups excluding carboxylic acids is 2. The first-order valence-corrected chi connectivity index (χ1v) is 14.6. The fraction of sp³-hybridized carbons (Fsp3) is 0.242. The summed E-state index contributed by atoms with van der Waals surface area (Å²) < 4.78 is 18.0. The molecule has 0 saturated carbocycles. The summed E-state index contributed by atoms with van der Waals surface area (Å²) in [4.78, 5) is 33.4. The molecule has 42 heavy (non-hydrogen) atoms. The summed E-state index contributed by atoms with van der Waals surface area (Å²) in [6, 6.07) is 19.2. The maximum absolute atomic E-state index is 13.6. The van der Waals surface area contributed by atoms with Crippen LogP contribution in [0.2, 0.25) is 0 Å². The van der Waals surface area contributed by atoms with Crippen molar-refractivity contribution in [1.82, 2.24) is 4.98 Å². The van der Waals surface area contributed by atoms with Crippen LogP contribution in [0.3, 0.4) is 0 Å². The van der Waals surface area contributed by atoms with Crippen molar-refractivity contribution in [1.29, 1.82) is 0 Å². The quantitative estimate of drug-likeness (QED) is 0.141. The van der Waals surface area contributed by atoms with Crippen LogP contribution in [0.4, 0.5) is 5.13 Å². The number of thiazole rings is 1. The number of hydrogen-bond acceptors (Lipinski definition) is 8. The number of aliphatic hydroxyl groups excluding tert-OH is 1. The fourth-order valence-corrected chi connectivity index (χ4v) is 5.77. The Bertz CT molecular complexity index is 1660. The molecule has 1 atom stereocenters. The monoisotopic (exact) mass is 584 g/mol. The number of benzene rings is 3. The predicted octanol–water partition coefficient (Wildman–Crippen LogP) is 7.07. The van der Waals surface area contributed by atoms with Gasteiger partial charge in [0.2, 0.25) is 0 Å². The highest BCUT2D eigenvalue weighted by Gasteiger charge is 2.45. The van der Waals surface area contributed by atoms with Crippen molar-refractivity contribution in [2.45, 2.75) is 32.7 Å². The van der Waals surface area contributed by atoms with Crippen LogP contribution in [0, 0.1) is 0 Å². The number of amides is 1. The van der Waals surface area contributed by atoms with E-state index < -0.39 is 23.5 Å². The van der Waals surface area contributed by atoms with Crippen LogP contribution in [-0.2, 0) is 9.59 Å². The highest BCUT2D eigenvalue weighted by atomic mass is 32.1. The first kappa shape index (κ1) is 28.9. The lowest BCUT2D eigenvalue weighted by Crippen LogP contribution is -2.30. The van der Waals surface area contributed by atoms with Gasteiger partial charge in [-0.05, 0) is 60.9 Å². The van der Waals surface area contributed by atoms with Gasteiger partial charge in [0.05, 0.1) is 42.2 Å². The van der Waals surface area contributed by atoms with E-state index in [-0.39, 0.29) is 5.57 Å². The third-order valence-electron chi connectivity index (χ3n) is 6.82. The lowest BCUT2D eigenvalue weighted by Gasteiger charge is -2.25. The number of carbonyl (C=O) groups is 2. The molecule has 1 N–H and O–H groups in total. The Morgan fingerprint density at radius 1 is 1.05 bits per heavy atom. The van der Waals surface area contributed by atoms with Gasteiger partial charge >= 0.3 is 0 Å². The van der Waals surface area contributed by atoms with Gasteiger partial charge in [0.15, 0.2) is 28.2 Å². The molecule has 0 aliphatic carbocycles. The molecule has 4 aromatic rings. The molecule has 2 heterocycles. The van der Waals surface area contributed by atoms with Crippen molar-refractivity contribution in [2.24, 2.45) is 0 Å². The van der Waals surface area contributed by atoms with Gasteiger partial charge in [-0.25, -0.2) is 4.98 Å². The summed E-state index contributed by atoms with van der Waals surface area (Å²) in [6.45, 7) is 5.04. The number of rotatable bonds is 12. The van der Waals surface area contributed by atoms with Gasteiger partial charge < -0.3 is 19.3 Å². The molecule has 216 valence electrons. The number of anilines is 1. The van der Waals surface area contributed by atoms with E-state index in [0.29, 0.717) is 46.7 Å². The highest BCUT2D eigenvalue weighted by molar-refractivity contribution is 7.22. The number of methoxy groups -OCH3 is 1. The zero-order chi connectivity index (χ0) is 29.6. The molecule has 8 nitrogen and oxygen atoms in total. The molecular formula is C33H32N2O6S. The summed E-state index contributed by atoms with van der Waals surface area (Å²) in [5, 5.41) is 11.5. The number of hydrogen-bond donors (Lipinski definition) is 1. The molecule has 1 amide bonds. The number of nitrogens with zero attached hydrogens (tertiary/aromatic N) is 2. The molecule has 0 saturated heterocycles. The Labute approximate surface area is 248 Å². The molecule has 1 aliphatic heterocycles. The second-order valence-electron chi connectivity index (χ2n) is 9.62. The van der Waals surface area contributed by atoms with Crippen LogP contribution in [0.15, 0.2) is 84.1 Å². The second kappa shape index (κ2) is 12.9. The molecule has 0 bridgehead atoms. The zero-order valence-corrected chi connectivity index (χ0v) is 24.5. The minimum absolute atomic E-state index is 0.0388. The Kier molecular flexibility index (Phi) is 8.88. The lowest BCUT2D eigenvalue weighted by atomic mass is 9.95. The van der Waals surface area contributed by atoms with E-state index in [2.05, 4.69) is 6.92 Å². The molecule has 1 unspecified atom stereocenters. The van der Waals surface area contributed by atoms with Gasteiger partial charge in [0, 0.05) is 0 Å². The van der Waals surface area contributed by atoms with Gasteiger partial charge in [-0.2, -0.15) is 0 Å². The Morgan fingerprint density at radius 2 is 1.86 bits per heavy atom. The summed E-state index contributed by atoms with van der Waals surface area (Å²) in [5.74, 6) is -0.101. The maximum atomic E-state index is 13.6. The van der Waals surface area contributed by atoms with Crippen LogP contribution in [0.1, 0.15) is 43.9 Å². The molecule has 5 rings (SSSR count). The molecule has 0 radical (unpaired) electrons.